The lowest BCUT2D eigenvalue weighted by Crippen LogP contribution is -2.16. The monoisotopic (exact) mass is 465 g/mol. The van der Waals surface area contributed by atoms with E-state index in [4.69, 9.17) is 4.42 Å². The molecule has 1 heterocycles. The minimum absolute atomic E-state index is 0.0223. The van der Waals surface area contributed by atoms with Crippen LogP contribution in [0.25, 0.3) is 5.70 Å². The Bertz CT molecular complexity index is 1270. The molecule has 0 atom stereocenters. The molecular weight excluding hydrogens is 430 g/mol. The average Bonchev–Trinajstić information content (AvgIpc) is 3.51. The molecule has 3 nitrogen and oxygen atoms in total. The Hall–Kier alpha value is -3.59. The van der Waals surface area contributed by atoms with Crippen molar-refractivity contribution in [2.45, 2.75) is 58.9 Å². The quantitative estimate of drug-likeness (QED) is 0.378. The summed E-state index contributed by atoms with van der Waals surface area (Å²) < 4.78 is 5.54. The maximum atomic E-state index is 13.6. The van der Waals surface area contributed by atoms with Crippen LogP contribution in [0.1, 0.15) is 74.4 Å². The molecule has 0 unspecified atom stereocenters. The fourth-order valence-electron chi connectivity index (χ4n) is 4.19. The number of hydrogen-bond donors (Lipinski definition) is 1. The average molecular weight is 466 g/mol. The van der Waals surface area contributed by atoms with E-state index in [1.54, 1.807) is 6.26 Å². The SMILES string of the molecule is CC(C)(C)c1ccc(C(=O)C2=CC=C/C2=C(/NCc2ccco2)c2ccc(C(C)(C)C)cc2)cc1. The van der Waals surface area contributed by atoms with Crippen molar-refractivity contribution in [3.63, 3.8) is 0 Å². The highest BCUT2D eigenvalue weighted by Crippen LogP contribution is 2.32. The maximum Gasteiger partial charge on any atom is 0.193 e. The van der Waals surface area contributed by atoms with E-state index in [1.165, 1.54) is 11.1 Å². The van der Waals surface area contributed by atoms with Crippen LogP contribution in [0.5, 0.6) is 0 Å². The van der Waals surface area contributed by atoms with Gasteiger partial charge in [0.15, 0.2) is 5.78 Å². The molecule has 1 N–H and O–H groups in total. The molecule has 3 aromatic rings. The van der Waals surface area contributed by atoms with E-state index < -0.39 is 0 Å². The van der Waals surface area contributed by atoms with E-state index in [0.29, 0.717) is 17.7 Å². The van der Waals surface area contributed by atoms with Crippen LogP contribution in [-0.4, -0.2) is 5.78 Å². The van der Waals surface area contributed by atoms with Crippen LogP contribution in [0.4, 0.5) is 0 Å². The minimum Gasteiger partial charge on any atom is -0.467 e. The number of rotatable bonds is 6. The molecule has 1 aromatic heterocycles. The van der Waals surface area contributed by atoms with E-state index in [0.717, 1.165) is 22.6 Å². The Morgan fingerprint density at radius 1 is 0.800 bits per heavy atom. The second kappa shape index (κ2) is 9.58. The van der Waals surface area contributed by atoms with Crippen molar-refractivity contribution in [2.24, 2.45) is 0 Å². The first-order valence-electron chi connectivity index (χ1n) is 12.2. The number of carbonyl (C=O) groups is 1. The van der Waals surface area contributed by atoms with Crippen LogP contribution in [0.3, 0.4) is 0 Å². The first-order valence-corrected chi connectivity index (χ1v) is 12.2. The lowest BCUT2D eigenvalue weighted by Gasteiger charge is -2.21. The standard InChI is InChI=1S/C32H35NO2/c1-31(2,3)24-16-12-22(13-17-24)29(33-21-26-9-8-20-35-26)27-10-7-11-28(27)30(34)23-14-18-25(19-15-23)32(4,5)6/h7-20,33H,21H2,1-6H3/b29-27-. The molecule has 4 rings (SSSR count). The predicted octanol–water partition coefficient (Wildman–Crippen LogP) is 7.75. The summed E-state index contributed by atoms with van der Waals surface area (Å²) in [7, 11) is 0. The van der Waals surface area contributed by atoms with Crippen LogP contribution >= 0.6 is 0 Å². The fourth-order valence-corrected chi connectivity index (χ4v) is 4.19. The molecule has 1 aliphatic carbocycles. The van der Waals surface area contributed by atoms with Crippen LogP contribution < -0.4 is 5.32 Å². The van der Waals surface area contributed by atoms with Gasteiger partial charge in [0, 0.05) is 22.4 Å². The van der Waals surface area contributed by atoms with Crippen molar-refractivity contribution < 1.29 is 9.21 Å². The zero-order chi connectivity index (χ0) is 25.2. The molecule has 180 valence electrons. The molecule has 3 heteroatoms. The van der Waals surface area contributed by atoms with Gasteiger partial charge in [0.05, 0.1) is 12.8 Å². The third-order valence-corrected chi connectivity index (χ3v) is 6.40. The molecule has 0 radical (unpaired) electrons. The minimum atomic E-state index is 0.0223. The lowest BCUT2D eigenvalue weighted by atomic mass is 9.85. The summed E-state index contributed by atoms with van der Waals surface area (Å²) in [5.74, 6) is 0.861. The highest BCUT2D eigenvalue weighted by atomic mass is 16.3. The van der Waals surface area contributed by atoms with Crippen molar-refractivity contribution in [3.8, 4) is 0 Å². The molecule has 0 saturated carbocycles. The molecule has 1 aliphatic rings. The zero-order valence-corrected chi connectivity index (χ0v) is 21.6. The Morgan fingerprint density at radius 3 is 1.89 bits per heavy atom. The summed E-state index contributed by atoms with van der Waals surface area (Å²) in [6, 6.07) is 20.4. The highest BCUT2D eigenvalue weighted by Gasteiger charge is 2.23. The van der Waals surface area contributed by atoms with E-state index in [9.17, 15) is 4.79 Å². The van der Waals surface area contributed by atoms with Gasteiger partial charge in [-0.2, -0.15) is 0 Å². The van der Waals surface area contributed by atoms with Gasteiger partial charge in [0.2, 0.25) is 0 Å². The van der Waals surface area contributed by atoms with Crippen molar-refractivity contribution >= 4 is 11.5 Å². The molecule has 0 amide bonds. The van der Waals surface area contributed by atoms with E-state index >= 15 is 0 Å². The van der Waals surface area contributed by atoms with Gasteiger partial charge in [-0.3, -0.25) is 4.79 Å². The Labute approximate surface area is 209 Å². The Kier molecular flexibility index (Phi) is 6.71. The van der Waals surface area contributed by atoms with Crippen molar-refractivity contribution in [1.29, 1.82) is 0 Å². The molecule has 2 aromatic carbocycles. The number of benzene rings is 2. The van der Waals surface area contributed by atoms with E-state index in [-0.39, 0.29) is 16.6 Å². The number of nitrogens with one attached hydrogen (secondary N) is 1. The first kappa shape index (κ1) is 24.5. The van der Waals surface area contributed by atoms with Gasteiger partial charge in [-0.1, -0.05) is 108 Å². The van der Waals surface area contributed by atoms with Crippen LogP contribution in [0, 0.1) is 0 Å². The fraction of sp³-hybridized carbons (Fsp3) is 0.281. The summed E-state index contributed by atoms with van der Waals surface area (Å²) >= 11 is 0. The van der Waals surface area contributed by atoms with Crippen LogP contribution in [-0.2, 0) is 17.4 Å². The number of carbonyl (C=O) groups excluding carboxylic acids is 1. The van der Waals surface area contributed by atoms with E-state index in [2.05, 4.69) is 83.3 Å². The highest BCUT2D eigenvalue weighted by molar-refractivity contribution is 6.14. The number of furan rings is 1. The van der Waals surface area contributed by atoms with E-state index in [1.807, 2.05) is 42.5 Å². The third-order valence-electron chi connectivity index (χ3n) is 6.40. The largest absolute Gasteiger partial charge is 0.467 e. The summed E-state index contributed by atoms with van der Waals surface area (Å²) in [5.41, 5.74) is 6.82. The van der Waals surface area contributed by atoms with Gasteiger partial charge in [0.25, 0.3) is 0 Å². The first-order chi connectivity index (χ1) is 16.5. The van der Waals surface area contributed by atoms with Gasteiger partial charge in [-0.25, -0.2) is 0 Å². The third kappa shape index (κ3) is 5.57. The normalized spacial score (nSPS) is 15.2. The Morgan fingerprint density at radius 2 is 1.37 bits per heavy atom. The van der Waals surface area contributed by atoms with Gasteiger partial charge in [-0.05, 0) is 39.7 Å². The molecule has 0 spiro atoms. The molecule has 0 bridgehead atoms. The number of ketones is 1. The molecular formula is C32H35NO2. The maximum absolute atomic E-state index is 13.6. The van der Waals surface area contributed by atoms with Crippen molar-refractivity contribution in [3.05, 3.63) is 124 Å². The molecule has 35 heavy (non-hydrogen) atoms. The smallest absolute Gasteiger partial charge is 0.193 e. The van der Waals surface area contributed by atoms with Gasteiger partial charge in [-0.15, -0.1) is 0 Å². The number of allylic oxidation sites excluding steroid dienone is 5. The molecule has 0 saturated heterocycles. The van der Waals surface area contributed by atoms with Gasteiger partial charge < -0.3 is 9.73 Å². The summed E-state index contributed by atoms with van der Waals surface area (Å²) in [6.45, 7) is 13.7. The van der Waals surface area contributed by atoms with Gasteiger partial charge in [0.1, 0.15) is 5.76 Å². The van der Waals surface area contributed by atoms with Crippen molar-refractivity contribution in [2.75, 3.05) is 0 Å². The van der Waals surface area contributed by atoms with Gasteiger partial charge >= 0.3 is 0 Å². The summed E-state index contributed by atoms with van der Waals surface area (Å²) in [4.78, 5) is 13.6. The number of Topliss-reactive ketones (excluding diaryl/α,β-unsaturated/α-hetero) is 1. The van der Waals surface area contributed by atoms with Crippen LogP contribution in [0.2, 0.25) is 0 Å². The van der Waals surface area contributed by atoms with Crippen molar-refractivity contribution in [1.82, 2.24) is 5.32 Å². The predicted molar refractivity (Wildman–Crippen MR) is 144 cm³/mol. The molecule has 0 fully saturated rings. The molecule has 0 aliphatic heterocycles. The second-order valence-corrected chi connectivity index (χ2v) is 11.1. The zero-order valence-electron chi connectivity index (χ0n) is 21.6. The van der Waals surface area contributed by atoms with Crippen LogP contribution in [0.15, 0.2) is 101 Å². The second-order valence-electron chi connectivity index (χ2n) is 11.1. The Balaban J connectivity index is 1.71. The lowest BCUT2D eigenvalue weighted by molar-refractivity contribution is 0.103. The summed E-state index contributed by atoms with van der Waals surface area (Å²) in [5, 5.41) is 3.55. The summed E-state index contributed by atoms with van der Waals surface area (Å²) in [6.07, 6.45) is 7.55. The topological polar surface area (TPSA) is 42.2 Å². The number of hydrogen-bond acceptors (Lipinski definition) is 3.